The molecule has 0 radical (unpaired) electrons. The number of aromatic nitrogens is 7. The molecule has 1 fully saturated rings. The first kappa shape index (κ1) is 16.8. The van der Waals surface area contributed by atoms with Crippen molar-refractivity contribution in [3.63, 3.8) is 0 Å². The number of halogens is 1. The predicted molar refractivity (Wildman–Crippen MR) is 105 cm³/mol. The van der Waals surface area contributed by atoms with Gasteiger partial charge < -0.3 is 9.80 Å². The molecule has 5 rings (SSSR count). The summed E-state index contributed by atoms with van der Waals surface area (Å²) in [5, 5.41) is 13.7. The Morgan fingerprint density at radius 2 is 1.89 bits per heavy atom. The van der Waals surface area contributed by atoms with Crippen LogP contribution in [0.1, 0.15) is 0 Å². The van der Waals surface area contributed by atoms with Crippen molar-refractivity contribution in [3.8, 4) is 11.4 Å². The fourth-order valence-corrected chi connectivity index (χ4v) is 3.26. The van der Waals surface area contributed by atoms with Crippen molar-refractivity contribution < 1.29 is 0 Å². The molecule has 0 aliphatic carbocycles. The molecule has 0 unspecified atom stereocenters. The van der Waals surface area contributed by atoms with Crippen LogP contribution in [0.5, 0.6) is 0 Å². The average Bonchev–Trinajstić information content (AvgIpc) is 3.11. The maximum atomic E-state index is 5.87. The maximum absolute atomic E-state index is 5.87. The van der Waals surface area contributed by atoms with Crippen molar-refractivity contribution in [2.24, 2.45) is 0 Å². The van der Waals surface area contributed by atoms with E-state index in [1.54, 1.807) is 29.3 Å². The minimum Gasteiger partial charge on any atom is -0.351 e. The normalized spacial score (nSPS) is 14.3. The Kier molecular flexibility index (Phi) is 4.01. The van der Waals surface area contributed by atoms with Crippen molar-refractivity contribution in [1.82, 2.24) is 34.8 Å². The summed E-state index contributed by atoms with van der Waals surface area (Å²) in [6.07, 6.45) is 6.70. The number of anilines is 2. The van der Waals surface area contributed by atoms with Gasteiger partial charge in [-0.15, -0.1) is 15.3 Å². The number of fused-ring (bicyclic) bond motifs is 1. The maximum Gasteiger partial charge on any atom is 0.225 e. The summed E-state index contributed by atoms with van der Waals surface area (Å²) in [6.45, 7) is 1.65. The third-order valence-electron chi connectivity index (χ3n) is 4.82. The third kappa shape index (κ3) is 2.89. The Balaban J connectivity index is 1.36. The Labute approximate surface area is 165 Å². The first-order valence-electron chi connectivity index (χ1n) is 8.77. The van der Waals surface area contributed by atoms with E-state index in [0.29, 0.717) is 28.5 Å². The average molecular weight is 394 g/mol. The van der Waals surface area contributed by atoms with Gasteiger partial charge in [0.2, 0.25) is 5.95 Å². The lowest BCUT2D eigenvalue weighted by molar-refractivity contribution is 0.484. The van der Waals surface area contributed by atoms with E-state index in [2.05, 4.69) is 34.9 Å². The van der Waals surface area contributed by atoms with Gasteiger partial charge in [0.05, 0.1) is 23.5 Å². The molecule has 28 heavy (non-hydrogen) atoms. The Hall–Kier alpha value is -3.33. The van der Waals surface area contributed by atoms with E-state index in [0.717, 1.165) is 24.5 Å². The van der Waals surface area contributed by atoms with Crippen molar-refractivity contribution >= 4 is 29.0 Å². The highest BCUT2D eigenvalue weighted by Gasteiger charge is 2.32. The van der Waals surface area contributed by atoms with Crippen LogP contribution in [0.2, 0.25) is 5.02 Å². The van der Waals surface area contributed by atoms with Crippen LogP contribution < -0.4 is 9.80 Å². The summed E-state index contributed by atoms with van der Waals surface area (Å²) in [7, 11) is 1.99. The Morgan fingerprint density at radius 1 is 1.07 bits per heavy atom. The van der Waals surface area contributed by atoms with Crippen LogP contribution in [0.25, 0.3) is 17.0 Å². The SMILES string of the molecule is CN(c1ncc(Cl)cn1)C1CN(c2ccc3nnc(-c4cccnc4)n3n2)C1. The summed E-state index contributed by atoms with van der Waals surface area (Å²) < 4.78 is 1.76. The zero-order chi connectivity index (χ0) is 19.1. The lowest BCUT2D eigenvalue weighted by atomic mass is 10.1. The molecule has 0 bridgehead atoms. The molecule has 0 aromatic carbocycles. The summed E-state index contributed by atoms with van der Waals surface area (Å²) in [4.78, 5) is 17.0. The van der Waals surface area contributed by atoms with Gasteiger partial charge >= 0.3 is 0 Å². The first-order valence-corrected chi connectivity index (χ1v) is 9.15. The van der Waals surface area contributed by atoms with Crippen molar-refractivity contribution in [3.05, 3.63) is 54.1 Å². The van der Waals surface area contributed by atoms with Crippen LogP contribution in [-0.2, 0) is 0 Å². The Morgan fingerprint density at radius 3 is 2.64 bits per heavy atom. The molecule has 4 aromatic heterocycles. The zero-order valence-corrected chi connectivity index (χ0v) is 15.8. The van der Waals surface area contributed by atoms with E-state index in [1.165, 1.54) is 0 Å². The summed E-state index contributed by atoms with van der Waals surface area (Å²) in [5.41, 5.74) is 1.58. The van der Waals surface area contributed by atoms with E-state index in [9.17, 15) is 0 Å². The monoisotopic (exact) mass is 393 g/mol. The summed E-state index contributed by atoms with van der Waals surface area (Å²) in [6, 6.07) is 8.01. The lowest BCUT2D eigenvalue weighted by Crippen LogP contribution is -2.59. The Bertz CT molecular complexity index is 1110. The highest BCUT2D eigenvalue weighted by atomic mass is 35.5. The van der Waals surface area contributed by atoms with Gasteiger partial charge in [-0.1, -0.05) is 11.6 Å². The van der Waals surface area contributed by atoms with Gasteiger partial charge in [0.1, 0.15) is 5.82 Å². The largest absolute Gasteiger partial charge is 0.351 e. The predicted octanol–water partition coefficient (Wildman–Crippen LogP) is 1.95. The van der Waals surface area contributed by atoms with Crippen LogP contribution >= 0.6 is 11.6 Å². The van der Waals surface area contributed by atoms with Crippen molar-refractivity contribution in [2.45, 2.75) is 6.04 Å². The highest BCUT2D eigenvalue weighted by Crippen LogP contribution is 2.25. The van der Waals surface area contributed by atoms with E-state index >= 15 is 0 Å². The third-order valence-corrected chi connectivity index (χ3v) is 5.02. The van der Waals surface area contributed by atoms with Gasteiger partial charge in [-0.05, 0) is 24.3 Å². The number of likely N-dealkylation sites (N-methyl/N-ethyl adjacent to an activating group) is 1. The molecule has 140 valence electrons. The van der Waals surface area contributed by atoms with E-state index in [4.69, 9.17) is 16.7 Å². The smallest absolute Gasteiger partial charge is 0.225 e. The second kappa shape index (κ2) is 6.68. The molecule has 0 atom stereocenters. The van der Waals surface area contributed by atoms with E-state index in [1.807, 2.05) is 31.3 Å². The van der Waals surface area contributed by atoms with Gasteiger partial charge in [0, 0.05) is 38.1 Å². The van der Waals surface area contributed by atoms with E-state index in [-0.39, 0.29) is 0 Å². The minimum absolute atomic E-state index is 0.303. The topological polar surface area (TPSA) is 88.2 Å². The van der Waals surface area contributed by atoms with Crippen molar-refractivity contribution in [2.75, 3.05) is 29.9 Å². The fraction of sp³-hybridized carbons (Fsp3) is 0.222. The molecule has 10 heteroatoms. The lowest BCUT2D eigenvalue weighted by Gasteiger charge is -2.44. The van der Waals surface area contributed by atoms with Gasteiger partial charge in [-0.3, -0.25) is 4.98 Å². The minimum atomic E-state index is 0.303. The molecule has 0 N–H and O–H groups in total. The van der Waals surface area contributed by atoms with Gasteiger partial charge in [0.25, 0.3) is 0 Å². The summed E-state index contributed by atoms with van der Waals surface area (Å²) in [5.74, 6) is 2.21. The number of hydrogen-bond acceptors (Lipinski definition) is 8. The molecular weight excluding hydrogens is 378 g/mol. The molecule has 1 aliphatic rings. The number of hydrogen-bond donors (Lipinski definition) is 0. The standard InChI is InChI=1S/C18H16ClN9/c1-26(18-21-8-13(19)9-22-18)14-10-27(11-14)16-5-4-15-23-24-17(28(15)25-16)12-3-2-6-20-7-12/h2-9,14H,10-11H2,1H3. The molecule has 9 nitrogen and oxygen atoms in total. The number of nitrogens with zero attached hydrogens (tertiary/aromatic N) is 9. The molecule has 0 amide bonds. The van der Waals surface area contributed by atoms with Gasteiger partial charge in [-0.2, -0.15) is 4.52 Å². The zero-order valence-electron chi connectivity index (χ0n) is 15.0. The van der Waals surface area contributed by atoms with Crippen LogP contribution in [0, 0.1) is 0 Å². The van der Waals surface area contributed by atoms with Crippen LogP contribution in [0.3, 0.4) is 0 Å². The number of pyridine rings is 1. The molecule has 0 saturated carbocycles. The molecule has 0 spiro atoms. The van der Waals surface area contributed by atoms with E-state index < -0.39 is 0 Å². The second-order valence-electron chi connectivity index (χ2n) is 6.60. The quantitative estimate of drug-likeness (QED) is 0.520. The summed E-state index contributed by atoms with van der Waals surface area (Å²) >= 11 is 5.87. The first-order chi connectivity index (χ1) is 13.7. The second-order valence-corrected chi connectivity index (χ2v) is 7.03. The van der Waals surface area contributed by atoms with Crippen LogP contribution in [-0.4, -0.2) is 60.9 Å². The number of rotatable bonds is 4. The van der Waals surface area contributed by atoms with Crippen LogP contribution in [0.4, 0.5) is 11.8 Å². The van der Waals surface area contributed by atoms with Crippen LogP contribution in [0.15, 0.2) is 49.1 Å². The molecular formula is C18H16ClN9. The van der Waals surface area contributed by atoms with Crippen molar-refractivity contribution in [1.29, 1.82) is 0 Å². The molecule has 1 aliphatic heterocycles. The highest BCUT2D eigenvalue weighted by molar-refractivity contribution is 6.30. The van der Waals surface area contributed by atoms with Gasteiger partial charge in [0.15, 0.2) is 11.5 Å². The van der Waals surface area contributed by atoms with Gasteiger partial charge in [-0.25, -0.2) is 9.97 Å². The molecule has 5 heterocycles. The fourth-order valence-electron chi connectivity index (χ4n) is 3.16. The molecule has 4 aromatic rings. The molecule has 1 saturated heterocycles.